The van der Waals surface area contributed by atoms with E-state index in [9.17, 15) is 13.6 Å². The van der Waals surface area contributed by atoms with Gasteiger partial charge in [0.2, 0.25) is 0 Å². The molecule has 0 aliphatic rings. The summed E-state index contributed by atoms with van der Waals surface area (Å²) in [6, 6.07) is 17.6. The van der Waals surface area contributed by atoms with Crippen LogP contribution in [0.1, 0.15) is 15.9 Å². The standard InChI is InChI=1S/C20H15F2NO2/c1-13-9-11-14(12-10-13)25-18-8-3-2-7-17(18)23-20(24)15-5-4-6-16(21)19(15)22/h2-12H,1H3,(H,23,24). The van der Waals surface area contributed by atoms with Crippen LogP contribution in [0.2, 0.25) is 0 Å². The van der Waals surface area contributed by atoms with Gasteiger partial charge in [0.1, 0.15) is 5.75 Å². The Balaban J connectivity index is 1.84. The monoisotopic (exact) mass is 339 g/mol. The number of hydrogen-bond donors (Lipinski definition) is 1. The summed E-state index contributed by atoms with van der Waals surface area (Å²) < 4.78 is 32.8. The van der Waals surface area contributed by atoms with E-state index >= 15 is 0 Å². The first-order valence-electron chi connectivity index (χ1n) is 7.63. The third-order valence-corrected chi connectivity index (χ3v) is 3.58. The Kier molecular flexibility index (Phi) is 4.75. The maximum atomic E-state index is 13.8. The number of rotatable bonds is 4. The average molecular weight is 339 g/mol. The van der Waals surface area contributed by atoms with Crippen molar-refractivity contribution < 1.29 is 18.3 Å². The second-order valence-electron chi connectivity index (χ2n) is 5.47. The summed E-state index contributed by atoms with van der Waals surface area (Å²) in [6.07, 6.45) is 0. The number of benzene rings is 3. The zero-order chi connectivity index (χ0) is 17.8. The third-order valence-electron chi connectivity index (χ3n) is 3.58. The number of para-hydroxylation sites is 2. The molecule has 0 fully saturated rings. The molecular formula is C20H15F2NO2. The minimum absolute atomic E-state index is 0.358. The van der Waals surface area contributed by atoms with Crippen LogP contribution in [-0.4, -0.2) is 5.91 Å². The number of carbonyl (C=O) groups excluding carboxylic acids is 1. The normalized spacial score (nSPS) is 10.4. The Bertz CT molecular complexity index is 908. The minimum Gasteiger partial charge on any atom is -0.455 e. The van der Waals surface area contributed by atoms with Crippen molar-refractivity contribution in [2.75, 3.05) is 5.32 Å². The number of aryl methyl sites for hydroxylation is 1. The second-order valence-corrected chi connectivity index (χ2v) is 5.47. The fourth-order valence-corrected chi connectivity index (χ4v) is 2.26. The van der Waals surface area contributed by atoms with Crippen LogP contribution in [0.15, 0.2) is 66.7 Å². The molecule has 5 heteroatoms. The minimum atomic E-state index is -1.18. The highest BCUT2D eigenvalue weighted by Crippen LogP contribution is 2.30. The van der Waals surface area contributed by atoms with E-state index in [-0.39, 0.29) is 5.56 Å². The van der Waals surface area contributed by atoms with E-state index in [4.69, 9.17) is 4.74 Å². The molecule has 0 spiro atoms. The van der Waals surface area contributed by atoms with E-state index in [2.05, 4.69) is 5.32 Å². The lowest BCUT2D eigenvalue weighted by molar-refractivity contribution is 0.102. The van der Waals surface area contributed by atoms with Crippen LogP contribution in [0, 0.1) is 18.6 Å². The smallest absolute Gasteiger partial charge is 0.258 e. The van der Waals surface area contributed by atoms with Gasteiger partial charge in [-0.15, -0.1) is 0 Å². The van der Waals surface area contributed by atoms with Crippen LogP contribution in [0.5, 0.6) is 11.5 Å². The average Bonchev–Trinajstić information content (AvgIpc) is 2.61. The molecule has 3 aromatic rings. The Labute approximate surface area is 143 Å². The number of carbonyl (C=O) groups is 1. The second kappa shape index (κ2) is 7.13. The highest BCUT2D eigenvalue weighted by molar-refractivity contribution is 6.05. The highest BCUT2D eigenvalue weighted by atomic mass is 19.2. The Morgan fingerprint density at radius 3 is 2.40 bits per heavy atom. The lowest BCUT2D eigenvalue weighted by Crippen LogP contribution is -2.15. The molecule has 25 heavy (non-hydrogen) atoms. The van der Waals surface area contributed by atoms with E-state index in [1.54, 1.807) is 36.4 Å². The number of nitrogens with one attached hydrogen (secondary N) is 1. The molecule has 1 amide bonds. The Hall–Kier alpha value is -3.21. The van der Waals surface area contributed by atoms with Crippen molar-refractivity contribution >= 4 is 11.6 Å². The van der Waals surface area contributed by atoms with Crippen molar-refractivity contribution in [1.29, 1.82) is 0 Å². The topological polar surface area (TPSA) is 38.3 Å². The molecule has 0 saturated heterocycles. The van der Waals surface area contributed by atoms with Gasteiger partial charge < -0.3 is 10.1 Å². The van der Waals surface area contributed by atoms with Crippen LogP contribution >= 0.6 is 0 Å². The number of halogens is 2. The highest BCUT2D eigenvalue weighted by Gasteiger charge is 2.16. The van der Waals surface area contributed by atoms with Gasteiger partial charge in [-0.3, -0.25) is 4.79 Å². The van der Waals surface area contributed by atoms with Gasteiger partial charge in [0.05, 0.1) is 11.3 Å². The summed E-state index contributed by atoms with van der Waals surface area (Å²) in [4.78, 5) is 12.3. The van der Waals surface area contributed by atoms with Crippen molar-refractivity contribution in [3.8, 4) is 11.5 Å². The SMILES string of the molecule is Cc1ccc(Oc2ccccc2NC(=O)c2cccc(F)c2F)cc1. The van der Waals surface area contributed by atoms with Crippen LogP contribution in [-0.2, 0) is 0 Å². The largest absolute Gasteiger partial charge is 0.455 e. The van der Waals surface area contributed by atoms with Crippen molar-refractivity contribution in [3.05, 3.63) is 89.5 Å². The zero-order valence-electron chi connectivity index (χ0n) is 13.4. The zero-order valence-corrected chi connectivity index (χ0v) is 13.4. The fraction of sp³-hybridized carbons (Fsp3) is 0.0500. The molecule has 3 rings (SSSR count). The third kappa shape index (κ3) is 3.83. The molecule has 0 atom stereocenters. The number of ether oxygens (including phenoxy) is 1. The molecule has 0 heterocycles. The molecule has 0 saturated carbocycles. The van der Waals surface area contributed by atoms with E-state index in [0.29, 0.717) is 17.2 Å². The van der Waals surface area contributed by atoms with E-state index in [1.807, 2.05) is 19.1 Å². The molecule has 1 N–H and O–H groups in total. The van der Waals surface area contributed by atoms with Gasteiger partial charge in [-0.1, -0.05) is 35.9 Å². The summed E-state index contributed by atoms with van der Waals surface area (Å²) in [6.45, 7) is 1.96. The van der Waals surface area contributed by atoms with E-state index in [0.717, 1.165) is 11.6 Å². The van der Waals surface area contributed by atoms with Gasteiger partial charge >= 0.3 is 0 Å². The van der Waals surface area contributed by atoms with Crippen LogP contribution in [0.3, 0.4) is 0 Å². The Morgan fingerprint density at radius 2 is 1.64 bits per heavy atom. The first-order chi connectivity index (χ1) is 12.0. The van der Waals surface area contributed by atoms with Crippen LogP contribution in [0.25, 0.3) is 0 Å². The molecular weight excluding hydrogens is 324 g/mol. The maximum Gasteiger partial charge on any atom is 0.258 e. The summed E-state index contributed by atoms with van der Waals surface area (Å²) in [5.74, 6) is -2.01. The predicted molar refractivity (Wildman–Crippen MR) is 92.0 cm³/mol. The fourth-order valence-electron chi connectivity index (χ4n) is 2.26. The van der Waals surface area contributed by atoms with Crippen molar-refractivity contribution in [3.63, 3.8) is 0 Å². The van der Waals surface area contributed by atoms with Crippen molar-refractivity contribution in [2.24, 2.45) is 0 Å². The summed E-state index contributed by atoms with van der Waals surface area (Å²) >= 11 is 0. The number of hydrogen-bond acceptors (Lipinski definition) is 2. The van der Waals surface area contributed by atoms with E-state index < -0.39 is 17.5 Å². The van der Waals surface area contributed by atoms with Crippen LogP contribution < -0.4 is 10.1 Å². The lowest BCUT2D eigenvalue weighted by atomic mass is 10.2. The first kappa shape index (κ1) is 16.6. The molecule has 0 aromatic heterocycles. The van der Waals surface area contributed by atoms with E-state index in [1.165, 1.54) is 12.1 Å². The van der Waals surface area contributed by atoms with Gasteiger partial charge in [0.15, 0.2) is 17.4 Å². The molecule has 3 nitrogen and oxygen atoms in total. The van der Waals surface area contributed by atoms with Gasteiger partial charge in [-0.25, -0.2) is 8.78 Å². The summed E-state index contributed by atoms with van der Waals surface area (Å²) in [7, 11) is 0. The molecule has 126 valence electrons. The molecule has 0 unspecified atom stereocenters. The lowest BCUT2D eigenvalue weighted by Gasteiger charge is -2.12. The molecule has 0 aliphatic carbocycles. The number of amides is 1. The summed E-state index contributed by atoms with van der Waals surface area (Å²) in [5.41, 5.74) is 1.08. The Morgan fingerprint density at radius 1 is 0.920 bits per heavy atom. The van der Waals surface area contributed by atoms with Crippen molar-refractivity contribution in [1.82, 2.24) is 0 Å². The van der Waals surface area contributed by atoms with Gasteiger partial charge in [-0.2, -0.15) is 0 Å². The molecule has 0 radical (unpaired) electrons. The molecule has 0 aliphatic heterocycles. The van der Waals surface area contributed by atoms with Gasteiger partial charge in [-0.05, 0) is 43.3 Å². The first-order valence-corrected chi connectivity index (χ1v) is 7.63. The van der Waals surface area contributed by atoms with Crippen LogP contribution in [0.4, 0.5) is 14.5 Å². The number of anilines is 1. The maximum absolute atomic E-state index is 13.8. The predicted octanol–water partition coefficient (Wildman–Crippen LogP) is 5.32. The van der Waals surface area contributed by atoms with Gasteiger partial charge in [0, 0.05) is 0 Å². The molecule has 3 aromatic carbocycles. The quantitative estimate of drug-likeness (QED) is 0.699. The van der Waals surface area contributed by atoms with Gasteiger partial charge in [0.25, 0.3) is 5.91 Å². The molecule has 0 bridgehead atoms. The van der Waals surface area contributed by atoms with Crippen molar-refractivity contribution in [2.45, 2.75) is 6.92 Å². The summed E-state index contributed by atoms with van der Waals surface area (Å²) in [5, 5.41) is 2.56.